The molecule has 14 heavy (non-hydrogen) atoms. The monoisotopic (exact) mass is 212 g/mol. The highest BCUT2D eigenvalue weighted by atomic mass is 35.5. The third kappa shape index (κ3) is 2.74. The van der Waals surface area contributed by atoms with Crippen molar-refractivity contribution in [3.05, 3.63) is 29.8 Å². The van der Waals surface area contributed by atoms with Gasteiger partial charge in [0.2, 0.25) is 5.91 Å². The average molecular weight is 213 g/mol. The van der Waals surface area contributed by atoms with E-state index in [1.807, 2.05) is 0 Å². The molecule has 1 aromatic rings. The molecule has 0 saturated heterocycles. The van der Waals surface area contributed by atoms with Crippen LogP contribution in [0.2, 0.25) is 0 Å². The first-order valence-corrected chi connectivity index (χ1v) is 4.34. The molecule has 5 heteroatoms. The summed E-state index contributed by atoms with van der Waals surface area (Å²) in [5, 5.41) is 12.8. The Balaban J connectivity index is 2.73. The number of nitrogens with one attached hydrogen (secondary N) is 1. The van der Waals surface area contributed by atoms with Crippen molar-refractivity contribution >= 4 is 29.2 Å². The van der Waals surface area contributed by atoms with Crippen molar-refractivity contribution in [1.82, 2.24) is 0 Å². The van der Waals surface area contributed by atoms with E-state index in [9.17, 15) is 14.7 Å². The van der Waals surface area contributed by atoms with Crippen molar-refractivity contribution < 1.29 is 14.7 Å². The van der Waals surface area contributed by atoms with Crippen LogP contribution >= 0.6 is 11.6 Å². The topological polar surface area (TPSA) is 69.2 Å². The van der Waals surface area contributed by atoms with Crippen LogP contribution in [0.25, 0.3) is 0 Å². The van der Waals surface area contributed by atoms with E-state index in [4.69, 9.17) is 11.6 Å². The largest absolute Gasteiger partial charge is 0.545 e. The summed E-state index contributed by atoms with van der Waals surface area (Å²) in [6, 6.07) is 5.63. The molecule has 0 aliphatic rings. The fraction of sp³-hybridized carbons (Fsp3) is 0.111. The number of amides is 1. The molecule has 0 spiro atoms. The summed E-state index contributed by atoms with van der Waals surface area (Å²) in [5.41, 5.74) is 0.564. The van der Waals surface area contributed by atoms with Crippen LogP contribution in [0.1, 0.15) is 10.4 Å². The van der Waals surface area contributed by atoms with E-state index in [1.54, 1.807) is 0 Å². The van der Waals surface area contributed by atoms with Gasteiger partial charge >= 0.3 is 0 Å². The van der Waals surface area contributed by atoms with Gasteiger partial charge in [0, 0.05) is 5.69 Å². The lowest BCUT2D eigenvalue weighted by molar-refractivity contribution is -0.255. The molecule has 1 N–H and O–H groups in total. The van der Waals surface area contributed by atoms with E-state index < -0.39 is 5.97 Å². The molecule has 0 aliphatic heterocycles. The number of hydrogen-bond acceptors (Lipinski definition) is 3. The highest BCUT2D eigenvalue weighted by Crippen LogP contribution is 2.08. The summed E-state index contributed by atoms with van der Waals surface area (Å²) in [7, 11) is 0. The fourth-order valence-corrected chi connectivity index (χ4v) is 0.951. The molecule has 74 valence electrons. The van der Waals surface area contributed by atoms with Gasteiger partial charge in [-0.25, -0.2) is 0 Å². The smallest absolute Gasteiger partial charge is 0.239 e. The van der Waals surface area contributed by atoms with Crippen LogP contribution in [-0.4, -0.2) is 17.8 Å². The number of aromatic carboxylic acids is 1. The molecule has 1 amide bonds. The van der Waals surface area contributed by atoms with Gasteiger partial charge in [-0.05, 0) is 17.7 Å². The Morgan fingerprint density at radius 3 is 2.29 bits per heavy atom. The maximum Gasteiger partial charge on any atom is 0.239 e. The summed E-state index contributed by atoms with van der Waals surface area (Å²) in [6.07, 6.45) is 0. The number of rotatable bonds is 3. The second kappa shape index (κ2) is 4.62. The fourth-order valence-electron chi connectivity index (χ4n) is 0.884. The molecule has 0 atom stereocenters. The summed E-state index contributed by atoms with van der Waals surface area (Å²) in [5.74, 6) is -1.73. The molecule has 0 heterocycles. The van der Waals surface area contributed by atoms with Crippen molar-refractivity contribution in [3.8, 4) is 0 Å². The van der Waals surface area contributed by atoms with Crippen LogP contribution in [0, 0.1) is 0 Å². The zero-order valence-corrected chi connectivity index (χ0v) is 7.88. The summed E-state index contributed by atoms with van der Waals surface area (Å²) >= 11 is 5.27. The Morgan fingerprint density at radius 1 is 1.29 bits per heavy atom. The third-order valence-corrected chi connectivity index (χ3v) is 1.77. The Bertz CT molecular complexity index is 348. The first-order valence-electron chi connectivity index (χ1n) is 3.80. The lowest BCUT2D eigenvalue weighted by Crippen LogP contribution is -2.22. The molecule has 4 nitrogen and oxygen atoms in total. The van der Waals surface area contributed by atoms with Crippen LogP contribution in [0.15, 0.2) is 24.3 Å². The summed E-state index contributed by atoms with van der Waals surface area (Å²) in [6.45, 7) is 0. The van der Waals surface area contributed by atoms with E-state index in [-0.39, 0.29) is 17.4 Å². The van der Waals surface area contributed by atoms with Gasteiger partial charge in [-0.3, -0.25) is 4.79 Å². The predicted molar refractivity (Wildman–Crippen MR) is 50.1 cm³/mol. The maximum absolute atomic E-state index is 10.8. The molecule has 0 radical (unpaired) electrons. The van der Waals surface area contributed by atoms with Crippen molar-refractivity contribution in [3.63, 3.8) is 0 Å². The highest BCUT2D eigenvalue weighted by molar-refractivity contribution is 6.29. The van der Waals surface area contributed by atoms with Gasteiger partial charge < -0.3 is 15.2 Å². The van der Waals surface area contributed by atoms with Gasteiger partial charge in [-0.2, -0.15) is 0 Å². The first-order chi connectivity index (χ1) is 6.63. The molecule has 1 aromatic carbocycles. The summed E-state index contributed by atoms with van der Waals surface area (Å²) in [4.78, 5) is 21.2. The van der Waals surface area contributed by atoms with E-state index in [1.165, 1.54) is 24.3 Å². The quantitative estimate of drug-likeness (QED) is 0.729. The van der Waals surface area contributed by atoms with E-state index >= 15 is 0 Å². The number of anilines is 1. The van der Waals surface area contributed by atoms with E-state index in [0.29, 0.717) is 5.69 Å². The van der Waals surface area contributed by atoms with Gasteiger partial charge in [0.1, 0.15) is 5.88 Å². The van der Waals surface area contributed by atoms with Gasteiger partial charge in [0.15, 0.2) is 0 Å². The zero-order chi connectivity index (χ0) is 10.6. The van der Waals surface area contributed by atoms with Gasteiger partial charge in [-0.15, -0.1) is 11.6 Å². The molecule has 0 aromatic heterocycles. The number of carbonyl (C=O) groups is 2. The minimum absolute atomic E-state index is 0.0638. The molecular weight excluding hydrogens is 206 g/mol. The van der Waals surface area contributed by atoms with Crippen molar-refractivity contribution in [2.24, 2.45) is 0 Å². The van der Waals surface area contributed by atoms with Crippen LogP contribution in [0.3, 0.4) is 0 Å². The van der Waals surface area contributed by atoms with E-state index in [0.717, 1.165) is 0 Å². The number of alkyl halides is 1. The molecular formula is C9H7ClNO3-. The number of benzene rings is 1. The third-order valence-electron chi connectivity index (χ3n) is 1.53. The number of carbonyl (C=O) groups excluding carboxylic acids is 2. The Kier molecular flexibility index (Phi) is 3.48. The maximum atomic E-state index is 10.8. The minimum atomic E-state index is -1.25. The molecule has 0 saturated carbocycles. The molecule has 0 bridgehead atoms. The molecule has 0 unspecified atom stereocenters. The second-order valence-corrected chi connectivity index (χ2v) is 2.81. The lowest BCUT2D eigenvalue weighted by Gasteiger charge is -2.05. The normalized spacial score (nSPS) is 9.50. The van der Waals surface area contributed by atoms with Crippen LogP contribution in [-0.2, 0) is 4.79 Å². The number of halogens is 1. The summed E-state index contributed by atoms with van der Waals surface area (Å²) < 4.78 is 0. The molecule has 0 aliphatic carbocycles. The zero-order valence-electron chi connectivity index (χ0n) is 7.12. The SMILES string of the molecule is O=C(CCl)Nc1ccc(C(=O)[O-])cc1. The van der Waals surface area contributed by atoms with Crippen LogP contribution < -0.4 is 10.4 Å². The Labute approximate surface area is 85.5 Å². The minimum Gasteiger partial charge on any atom is -0.545 e. The number of carboxylic acid groups (broad SMARTS) is 1. The first kappa shape index (κ1) is 10.5. The number of carboxylic acids is 1. The highest BCUT2D eigenvalue weighted by Gasteiger charge is 1.99. The molecule has 1 rings (SSSR count). The van der Waals surface area contributed by atoms with Crippen LogP contribution in [0.5, 0.6) is 0 Å². The average Bonchev–Trinajstić information content (AvgIpc) is 2.18. The van der Waals surface area contributed by atoms with Gasteiger partial charge in [0.05, 0.1) is 5.97 Å². The standard InChI is InChI=1S/C9H8ClNO3/c10-5-8(12)11-7-3-1-6(2-4-7)9(13)14/h1-4H,5H2,(H,11,12)(H,13,14)/p-1. The van der Waals surface area contributed by atoms with Crippen LogP contribution in [0.4, 0.5) is 5.69 Å². The Morgan fingerprint density at radius 2 is 1.86 bits per heavy atom. The predicted octanol–water partition coefficient (Wildman–Crippen LogP) is 0.227. The lowest BCUT2D eigenvalue weighted by atomic mass is 10.2. The van der Waals surface area contributed by atoms with E-state index in [2.05, 4.69) is 5.32 Å². The van der Waals surface area contributed by atoms with Gasteiger partial charge in [0.25, 0.3) is 0 Å². The molecule has 0 fully saturated rings. The second-order valence-electron chi connectivity index (χ2n) is 2.55. The van der Waals surface area contributed by atoms with Crippen molar-refractivity contribution in [2.75, 3.05) is 11.2 Å². The number of hydrogen-bond donors (Lipinski definition) is 1. The Hall–Kier alpha value is -1.55. The van der Waals surface area contributed by atoms with Crippen molar-refractivity contribution in [2.45, 2.75) is 0 Å². The van der Waals surface area contributed by atoms with Gasteiger partial charge in [-0.1, -0.05) is 12.1 Å². The van der Waals surface area contributed by atoms with Crippen molar-refractivity contribution in [1.29, 1.82) is 0 Å².